The molecule has 0 radical (unpaired) electrons. The van der Waals surface area contributed by atoms with Gasteiger partial charge in [-0.1, -0.05) is 19.4 Å². The molecule has 0 aromatic rings. The van der Waals surface area contributed by atoms with E-state index < -0.39 is 0 Å². The van der Waals surface area contributed by atoms with Gasteiger partial charge in [0.2, 0.25) is 5.91 Å². The van der Waals surface area contributed by atoms with Gasteiger partial charge in [-0.2, -0.15) is 5.10 Å². The van der Waals surface area contributed by atoms with E-state index in [0.29, 0.717) is 0 Å². The molecule has 3 heteroatoms. The molecular formula is C15H24N2O. The van der Waals surface area contributed by atoms with E-state index in [4.69, 9.17) is 0 Å². The molecule has 1 heterocycles. The zero-order chi connectivity index (χ0) is 13.5. The Balaban J connectivity index is 2.39. The van der Waals surface area contributed by atoms with Crippen LogP contribution < -0.4 is 0 Å². The summed E-state index contributed by atoms with van der Waals surface area (Å²) in [6.45, 7) is 10.5. The Morgan fingerprint density at radius 2 is 2.06 bits per heavy atom. The number of hydrazone groups is 1. The zero-order valence-electron chi connectivity index (χ0n) is 12.2. The molecule has 0 bridgehead atoms. The number of hydrogen-bond donors (Lipinski definition) is 0. The molecule has 100 valence electrons. The maximum absolute atomic E-state index is 11.8. The van der Waals surface area contributed by atoms with Crippen molar-refractivity contribution in [2.24, 2.45) is 10.5 Å². The number of hydrogen-bond acceptors (Lipinski definition) is 2. The van der Waals surface area contributed by atoms with E-state index in [-0.39, 0.29) is 17.4 Å². The predicted octanol–water partition coefficient (Wildman–Crippen LogP) is 3.51. The third kappa shape index (κ3) is 2.23. The van der Waals surface area contributed by atoms with Crippen molar-refractivity contribution in [3.05, 3.63) is 11.1 Å². The lowest BCUT2D eigenvalue weighted by molar-refractivity contribution is -0.130. The van der Waals surface area contributed by atoms with E-state index in [1.165, 1.54) is 30.4 Å². The Hall–Kier alpha value is -1.12. The topological polar surface area (TPSA) is 32.7 Å². The summed E-state index contributed by atoms with van der Waals surface area (Å²) >= 11 is 0. The van der Waals surface area contributed by atoms with Crippen LogP contribution in [0, 0.1) is 5.41 Å². The molecule has 3 nitrogen and oxygen atoms in total. The second-order valence-corrected chi connectivity index (χ2v) is 6.35. The molecule has 2 aliphatic rings. The highest BCUT2D eigenvalue weighted by Gasteiger charge is 2.39. The number of rotatable bonds is 1. The standard InChI is InChI=1S/C15H24N2O/c1-10-7-6-8-15(4,5)14(10)13-9-11(2)16-17(13)12(3)18/h13H,6-9H2,1-5H3/t13-/m1/s1. The maximum Gasteiger partial charge on any atom is 0.240 e. The first-order valence-electron chi connectivity index (χ1n) is 6.87. The molecule has 0 aromatic heterocycles. The molecule has 0 fully saturated rings. The Morgan fingerprint density at radius 3 is 2.61 bits per heavy atom. The minimum atomic E-state index is 0.0542. The van der Waals surface area contributed by atoms with Crippen LogP contribution in [0.4, 0.5) is 0 Å². The third-order valence-electron chi connectivity index (χ3n) is 4.26. The smallest absolute Gasteiger partial charge is 0.240 e. The van der Waals surface area contributed by atoms with Crippen LogP contribution in [0.1, 0.15) is 60.3 Å². The number of carbonyl (C=O) groups is 1. The van der Waals surface area contributed by atoms with Crippen LogP contribution in [-0.4, -0.2) is 22.7 Å². The lowest BCUT2D eigenvalue weighted by Gasteiger charge is -2.39. The Labute approximate surface area is 110 Å². The van der Waals surface area contributed by atoms with Gasteiger partial charge in [0.05, 0.1) is 6.04 Å². The van der Waals surface area contributed by atoms with Gasteiger partial charge >= 0.3 is 0 Å². The monoisotopic (exact) mass is 248 g/mol. The van der Waals surface area contributed by atoms with Gasteiger partial charge in [-0.3, -0.25) is 4.79 Å². The van der Waals surface area contributed by atoms with Gasteiger partial charge in [0, 0.05) is 19.1 Å². The summed E-state index contributed by atoms with van der Waals surface area (Å²) in [4.78, 5) is 11.8. The van der Waals surface area contributed by atoms with E-state index in [9.17, 15) is 4.79 Å². The van der Waals surface area contributed by atoms with Crippen LogP contribution in [0.25, 0.3) is 0 Å². The molecule has 1 amide bonds. The first-order chi connectivity index (χ1) is 8.33. The Kier molecular flexibility index (Phi) is 3.35. The molecule has 0 spiro atoms. The fourth-order valence-corrected chi connectivity index (χ4v) is 3.55. The lowest BCUT2D eigenvalue weighted by Crippen LogP contribution is -2.39. The second-order valence-electron chi connectivity index (χ2n) is 6.35. The first kappa shape index (κ1) is 13.3. The van der Waals surface area contributed by atoms with E-state index in [1.54, 1.807) is 11.9 Å². The van der Waals surface area contributed by atoms with Gasteiger partial charge in [0.25, 0.3) is 0 Å². The number of allylic oxidation sites excluding steroid dienone is 1. The van der Waals surface area contributed by atoms with Crippen LogP contribution in [0.3, 0.4) is 0 Å². The number of nitrogens with zero attached hydrogens (tertiary/aromatic N) is 2. The summed E-state index contributed by atoms with van der Waals surface area (Å²) < 4.78 is 0. The summed E-state index contributed by atoms with van der Waals surface area (Å²) in [5.74, 6) is 0.0542. The van der Waals surface area contributed by atoms with Crippen molar-refractivity contribution < 1.29 is 4.79 Å². The van der Waals surface area contributed by atoms with Crippen molar-refractivity contribution in [1.82, 2.24) is 5.01 Å². The maximum atomic E-state index is 11.8. The Morgan fingerprint density at radius 1 is 1.39 bits per heavy atom. The summed E-state index contributed by atoms with van der Waals surface area (Å²) in [5, 5.41) is 6.11. The molecular weight excluding hydrogens is 224 g/mol. The summed E-state index contributed by atoms with van der Waals surface area (Å²) in [7, 11) is 0. The van der Waals surface area contributed by atoms with E-state index in [0.717, 1.165) is 12.1 Å². The summed E-state index contributed by atoms with van der Waals surface area (Å²) in [5.41, 5.74) is 4.18. The van der Waals surface area contributed by atoms with Crippen LogP contribution in [0.5, 0.6) is 0 Å². The molecule has 0 N–H and O–H groups in total. The molecule has 0 saturated heterocycles. The largest absolute Gasteiger partial charge is 0.273 e. The molecule has 1 atom stereocenters. The van der Waals surface area contributed by atoms with E-state index >= 15 is 0 Å². The van der Waals surface area contributed by atoms with Gasteiger partial charge < -0.3 is 0 Å². The molecule has 1 aliphatic carbocycles. The van der Waals surface area contributed by atoms with E-state index in [1.807, 2.05) is 6.92 Å². The molecule has 0 unspecified atom stereocenters. The molecule has 2 rings (SSSR count). The zero-order valence-corrected chi connectivity index (χ0v) is 12.2. The van der Waals surface area contributed by atoms with Crippen LogP contribution in [-0.2, 0) is 4.79 Å². The highest BCUT2D eigenvalue weighted by atomic mass is 16.2. The third-order valence-corrected chi connectivity index (χ3v) is 4.26. The minimum Gasteiger partial charge on any atom is -0.273 e. The van der Waals surface area contributed by atoms with Gasteiger partial charge in [-0.15, -0.1) is 0 Å². The predicted molar refractivity (Wildman–Crippen MR) is 74.4 cm³/mol. The van der Waals surface area contributed by atoms with Gasteiger partial charge in [0.1, 0.15) is 0 Å². The van der Waals surface area contributed by atoms with Crippen molar-refractivity contribution in [2.45, 2.75) is 66.3 Å². The molecule has 0 saturated carbocycles. The average molecular weight is 248 g/mol. The van der Waals surface area contributed by atoms with Crippen molar-refractivity contribution in [2.75, 3.05) is 0 Å². The highest BCUT2D eigenvalue weighted by molar-refractivity contribution is 5.88. The minimum absolute atomic E-state index is 0.0542. The number of amides is 1. The second kappa shape index (κ2) is 4.52. The fraction of sp³-hybridized carbons (Fsp3) is 0.733. The first-order valence-corrected chi connectivity index (χ1v) is 6.87. The molecule has 18 heavy (non-hydrogen) atoms. The van der Waals surface area contributed by atoms with E-state index in [2.05, 4.69) is 25.9 Å². The van der Waals surface area contributed by atoms with Crippen molar-refractivity contribution in [3.63, 3.8) is 0 Å². The average Bonchev–Trinajstić information content (AvgIpc) is 2.58. The van der Waals surface area contributed by atoms with Crippen molar-refractivity contribution in [1.29, 1.82) is 0 Å². The SMILES string of the molecule is CC(=O)N1N=C(C)C[C@@H]1C1=C(C)CCCC1(C)C. The van der Waals surface area contributed by atoms with Crippen LogP contribution in [0.2, 0.25) is 0 Å². The Bertz CT molecular complexity index is 432. The van der Waals surface area contributed by atoms with Gasteiger partial charge in [0.15, 0.2) is 0 Å². The van der Waals surface area contributed by atoms with Crippen molar-refractivity contribution >= 4 is 11.6 Å². The fourth-order valence-electron chi connectivity index (χ4n) is 3.55. The van der Waals surface area contributed by atoms with Crippen LogP contribution >= 0.6 is 0 Å². The summed E-state index contributed by atoms with van der Waals surface area (Å²) in [6, 6.07) is 0.165. The summed E-state index contributed by atoms with van der Waals surface area (Å²) in [6.07, 6.45) is 4.53. The lowest BCUT2D eigenvalue weighted by atomic mass is 9.69. The molecule has 0 aromatic carbocycles. The quantitative estimate of drug-likeness (QED) is 0.654. The van der Waals surface area contributed by atoms with Gasteiger partial charge in [-0.25, -0.2) is 5.01 Å². The van der Waals surface area contributed by atoms with Crippen molar-refractivity contribution in [3.8, 4) is 0 Å². The van der Waals surface area contributed by atoms with Crippen LogP contribution in [0.15, 0.2) is 16.2 Å². The normalized spacial score (nSPS) is 27.5. The highest BCUT2D eigenvalue weighted by Crippen LogP contribution is 2.44. The molecule has 1 aliphatic heterocycles. The number of carbonyl (C=O) groups excluding carboxylic acids is 1. The van der Waals surface area contributed by atoms with Gasteiger partial charge in [-0.05, 0) is 44.1 Å².